The largest absolute Gasteiger partial charge is 0.490 e. The fourth-order valence-electron chi connectivity index (χ4n) is 3.57. The molecule has 4 aromatic rings. The lowest BCUT2D eigenvalue weighted by Crippen LogP contribution is -2.29. The summed E-state index contributed by atoms with van der Waals surface area (Å²) in [6.45, 7) is 1.23. The van der Waals surface area contributed by atoms with E-state index in [2.05, 4.69) is 14.7 Å². The minimum Gasteiger partial charge on any atom is -0.490 e. The normalized spacial score (nSPS) is 13.0. The van der Waals surface area contributed by atoms with Crippen molar-refractivity contribution < 1.29 is 17.9 Å². The fourth-order valence-corrected chi connectivity index (χ4v) is 4.53. The number of benzene rings is 3. The maximum absolute atomic E-state index is 13.2. The number of nitrogens with one attached hydrogen (secondary N) is 1. The van der Waals surface area contributed by atoms with Crippen LogP contribution in [0.5, 0.6) is 17.4 Å². The van der Waals surface area contributed by atoms with Crippen molar-refractivity contribution in [2.75, 3.05) is 29.8 Å². The van der Waals surface area contributed by atoms with Gasteiger partial charge in [0.1, 0.15) is 18.1 Å². The van der Waals surface area contributed by atoms with Crippen LogP contribution in [-0.2, 0) is 10.0 Å². The van der Waals surface area contributed by atoms with Gasteiger partial charge in [-0.15, -0.1) is 0 Å². The van der Waals surface area contributed by atoms with Gasteiger partial charge in [-0.1, -0.05) is 48.5 Å². The standard InChI is InChI=1S/C25H22N4O4S/c1-29-14-15-32-23-13-12-20(16-22(23)29)34(30,31)28-25-26-21(18-8-4-2-5-9-18)17-24(27-25)33-19-10-6-3-7-11-19/h2-13,16-17H,14-15H2,1H3,(H,26,27,28). The van der Waals surface area contributed by atoms with E-state index in [4.69, 9.17) is 9.47 Å². The molecule has 0 fully saturated rings. The second-order valence-electron chi connectivity index (χ2n) is 7.70. The smallest absolute Gasteiger partial charge is 0.264 e. The topological polar surface area (TPSA) is 93.7 Å². The minimum atomic E-state index is -3.97. The summed E-state index contributed by atoms with van der Waals surface area (Å²) in [5, 5.41) is 0. The molecule has 5 rings (SSSR count). The molecule has 0 saturated heterocycles. The van der Waals surface area contributed by atoms with Gasteiger partial charge in [-0.3, -0.25) is 0 Å². The Kier molecular flexibility index (Phi) is 5.77. The molecule has 0 bridgehead atoms. The highest BCUT2D eigenvalue weighted by molar-refractivity contribution is 7.92. The van der Waals surface area contributed by atoms with Crippen molar-refractivity contribution in [3.8, 4) is 28.6 Å². The van der Waals surface area contributed by atoms with Gasteiger partial charge in [0.25, 0.3) is 10.0 Å². The van der Waals surface area contributed by atoms with Crippen molar-refractivity contribution in [1.82, 2.24) is 9.97 Å². The number of rotatable bonds is 6. The monoisotopic (exact) mass is 474 g/mol. The van der Waals surface area contributed by atoms with Gasteiger partial charge in [0.15, 0.2) is 0 Å². The fraction of sp³-hybridized carbons (Fsp3) is 0.120. The van der Waals surface area contributed by atoms with Crippen LogP contribution < -0.4 is 19.1 Å². The molecule has 3 aromatic carbocycles. The molecular weight excluding hydrogens is 452 g/mol. The maximum atomic E-state index is 13.2. The Balaban J connectivity index is 1.51. The average molecular weight is 475 g/mol. The molecule has 0 atom stereocenters. The van der Waals surface area contributed by atoms with Gasteiger partial charge in [0.05, 0.1) is 22.8 Å². The van der Waals surface area contributed by atoms with Crippen LogP contribution in [0, 0.1) is 0 Å². The minimum absolute atomic E-state index is 0.0860. The first-order valence-corrected chi connectivity index (χ1v) is 12.1. The highest BCUT2D eigenvalue weighted by Crippen LogP contribution is 2.33. The van der Waals surface area contributed by atoms with Crippen LogP contribution in [0.3, 0.4) is 0 Å². The van der Waals surface area contributed by atoms with Crippen molar-refractivity contribution in [2.45, 2.75) is 4.90 Å². The van der Waals surface area contributed by atoms with Crippen LogP contribution in [0.2, 0.25) is 0 Å². The Hall–Kier alpha value is -4.11. The number of fused-ring (bicyclic) bond motifs is 1. The number of likely N-dealkylation sites (N-methyl/N-ethyl adjacent to an activating group) is 1. The first-order chi connectivity index (χ1) is 16.5. The van der Waals surface area contributed by atoms with Gasteiger partial charge >= 0.3 is 0 Å². The SMILES string of the molecule is CN1CCOc2ccc(S(=O)(=O)Nc3nc(Oc4ccccc4)cc(-c4ccccc4)n3)cc21. The number of aromatic nitrogens is 2. The van der Waals surface area contributed by atoms with Gasteiger partial charge in [-0.2, -0.15) is 4.98 Å². The van der Waals surface area contributed by atoms with E-state index in [1.54, 1.807) is 30.3 Å². The number of ether oxygens (including phenoxy) is 2. The molecule has 1 N–H and O–H groups in total. The molecule has 9 heteroatoms. The third-order valence-electron chi connectivity index (χ3n) is 5.30. The van der Waals surface area contributed by atoms with Gasteiger partial charge in [-0.25, -0.2) is 18.1 Å². The summed E-state index contributed by atoms with van der Waals surface area (Å²) >= 11 is 0. The van der Waals surface area contributed by atoms with Gasteiger partial charge in [0, 0.05) is 18.7 Å². The molecule has 0 amide bonds. The van der Waals surface area contributed by atoms with Crippen LogP contribution >= 0.6 is 0 Å². The number of sulfonamides is 1. The zero-order valence-corrected chi connectivity index (χ0v) is 19.2. The Labute approximate surface area is 197 Å². The molecule has 34 heavy (non-hydrogen) atoms. The van der Waals surface area contributed by atoms with Crippen molar-refractivity contribution >= 4 is 21.7 Å². The molecule has 1 aliphatic rings. The van der Waals surface area contributed by atoms with Crippen molar-refractivity contribution in [3.05, 3.63) is 84.9 Å². The number of para-hydroxylation sites is 1. The van der Waals surface area contributed by atoms with E-state index in [1.165, 1.54) is 6.07 Å². The third-order valence-corrected chi connectivity index (χ3v) is 6.63. The highest BCUT2D eigenvalue weighted by atomic mass is 32.2. The summed E-state index contributed by atoms with van der Waals surface area (Å²) < 4.78 is 40.4. The Morgan fingerprint density at radius 1 is 0.941 bits per heavy atom. The lowest BCUT2D eigenvalue weighted by molar-refractivity contribution is 0.311. The molecule has 0 aliphatic carbocycles. The summed E-state index contributed by atoms with van der Waals surface area (Å²) in [6, 6.07) is 25.0. The Bertz CT molecular complexity index is 1410. The molecule has 1 aromatic heterocycles. The van der Waals surface area contributed by atoms with Gasteiger partial charge in [-0.05, 0) is 30.3 Å². The molecule has 0 radical (unpaired) electrons. The van der Waals surface area contributed by atoms with Crippen LogP contribution in [0.4, 0.5) is 11.6 Å². The van der Waals surface area contributed by atoms with E-state index < -0.39 is 10.0 Å². The zero-order chi connectivity index (χ0) is 23.5. The van der Waals surface area contributed by atoms with E-state index in [0.717, 1.165) is 5.56 Å². The quantitative estimate of drug-likeness (QED) is 0.438. The van der Waals surface area contributed by atoms with Crippen LogP contribution in [0.1, 0.15) is 0 Å². The first kappa shape index (κ1) is 21.7. The molecule has 0 saturated carbocycles. The maximum Gasteiger partial charge on any atom is 0.264 e. The Morgan fingerprint density at radius 2 is 1.68 bits per heavy atom. The lowest BCUT2D eigenvalue weighted by Gasteiger charge is -2.28. The van der Waals surface area contributed by atoms with Crippen molar-refractivity contribution in [1.29, 1.82) is 0 Å². The molecular formula is C25H22N4O4S. The summed E-state index contributed by atoms with van der Waals surface area (Å²) in [4.78, 5) is 10.8. The molecule has 172 valence electrons. The highest BCUT2D eigenvalue weighted by Gasteiger charge is 2.22. The van der Waals surface area contributed by atoms with Crippen LogP contribution in [0.15, 0.2) is 89.8 Å². The van der Waals surface area contributed by atoms with Crippen LogP contribution in [-0.4, -0.2) is 38.6 Å². The van der Waals surface area contributed by atoms with Crippen LogP contribution in [0.25, 0.3) is 11.3 Å². The Morgan fingerprint density at radius 3 is 2.44 bits per heavy atom. The number of hydrogen-bond acceptors (Lipinski definition) is 7. The van der Waals surface area contributed by atoms with E-state index in [-0.39, 0.29) is 16.7 Å². The molecule has 1 aliphatic heterocycles. The number of hydrogen-bond donors (Lipinski definition) is 1. The predicted molar refractivity (Wildman–Crippen MR) is 130 cm³/mol. The van der Waals surface area contributed by atoms with Gasteiger partial charge < -0.3 is 14.4 Å². The van der Waals surface area contributed by atoms with Crippen molar-refractivity contribution in [2.24, 2.45) is 0 Å². The molecule has 8 nitrogen and oxygen atoms in total. The molecule has 2 heterocycles. The van der Waals surface area contributed by atoms with E-state index in [1.807, 2.05) is 60.5 Å². The number of nitrogens with zero attached hydrogens (tertiary/aromatic N) is 3. The van der Waals surface area contributed by atoms with E-state index >= 15 is 0 Å². The molecule has 0 spiro atoms. The average Bonchev–Trinajstić information content (AvgIpc) is 2.85. The van der Waals surface area contributed by atoms with Crippen molar-refractivity contribution in [3.63, 3.8) is 0 Å². The third kappa shape index (κ3) is 4.65. The second kappa shape index (κ2) is 9.03. The predicted octanol–water partition coefficient (Wildman–Crippen LogP) is 4.57. The first-order valence-electron chi connectivity index (χ1n) is 10.7. The zero-order valence-electron chi connectivity index (χ0n) is 18.4. The lowest BCUT2D eigenvalue weighted by atomic mass is 10.1. The second-order valence-corrected chi connectivity index (χ2v) is 9.38. The number of anilines is 2. The van der Waals surface area contributed by atoms with E-state index in [0.29, 0.717) is 36.0 Å². The van der Waals surface area contributed by atoms with Gasteiger partial charge in [0.2, 0.25) is 11.8 Å². The summed E-state index contributed by atoms with van der Waals surface area (Å²) in [5.74, 6) is 1.35. The summed E-state index contributed by atoms with van der Waals surface area (Å²) in [6.07, 6.45) is 0. The summed E-state index contributed by atoms with van der Waals surface area (Å²) in [5.41, 5.74) is 2.04. The summed E-state index contributed by atoms with van der Waals surface area (Å²) in [7, 11) is -2.08. The van der Waals surface area contributed by atoms with E-state index in [9.17, 15) is 8.42 Å². The molecule has 0 unspecified atom stereocenters.